The van der Waals surface area contributed by atoms with Crippen molar-refractivity contribution in [1.82, 2.24) is 0 Å². The molecule has 0 aliphatic carbocycles. The molecule has 3 aromatic carbocycles. The molecule has 0 radical (unpaired) electrons. The predicted molar refractivity (Wildman–Crippen MR) is 114 cm³/mol. The molecule has 0 atom stereocenters. The number of hydrogen-bond donors (Lipinski definition) is 2. The quantitative estimate of drug-likeness (QED) is 0.593. The van der Waals surface area contributed by atoms with Gasteiger partial charge in [-0.2, -0.15) is 0 Å². The summed E-state index contributed by atoms with van der Waals surface area (Å²) in [6, 6.07) is 17.5. The Balaban J connectivity index is 1.74. The summed E-state index contributed by atoms with van der Waals surface area (Å²) in [5.74, 6) is 0.247. The molecule has 0 spiro atoms. The maximum atomic E-state index is 12.6. The van der Waals surface area contributed by atoms with E-state index >= 15 is 0 Å². The van der Waals surface area contributed by atoms with Crippen molar-refractivity contribution in [3.8, 4) is 5.75 Å². The summed E-state index contributed by atoms with van der Waals surface area (Å²) in [5.41, 5.74) is 2.06. The topological polar surface area (TPSA) is 84.5 Å². The molecule has 150 valence electrons. The average Bonchev–Trinajstić information content (AvgIpc) is 2.70. The molecule has 8 heteroatoms. The van der Waals surface area contributed by atoms with E-state index in [0.717, 1.165) is 0 Å². The van der Waals surface area contributed by atoms with Crippen LogP contribution in [0.4, 0.5) is 11.4 Å². The number of anilines is 2. The number of rotatable bonds is 6. The van der Waals surface area contributed by atoms with E-state index in [2.05, 4.69) is 10.0 Å². The maximum Gasteiger partial charge on any atom is 0.261 e. The Morgan fingerprint density at radius 3 is 2.38 bits per heavy atom. The van der Waals surface area contributed by atoms with E-state index < -0.39 is 10.0 Å². The number of carbonyl (C=O) groups is 1. The van der Waals surface area contributed by atoms with Crippen molar-refractivity contribution in [3.05, 3.63) is 82.9 Å². The molecular weight excluding hydrogens is 412 g/mol. The predicted octanol–water partition coefficient (Wildman–Crippen LogP) is 4.71. The molecule has 3 aromatic rings. The van der Waals surface area contributed by atoms with Crippen molar-refractivity contribution in [2.75, 3.05) is 17.1 Å². The summed E-state index contributed by atoms with van der Waals surface area (Å²) in [6.07, 6.45) is 0. The van der Waals surface area contributed by atoms with Gasteiger partial charge in [0.05, 0.1) is 17.7 Å². The standard InChI is InChI=1S/C21H19ClN2O4S/c1-14-12-16(22)6-11-20(14)24-29(26,27)19-9-7-17(8-10-19)23-21(25)15-4-3-5-18(13-15)28-2/h3-13,24H,1-2H3,(H,23,25). The second kappa shape index (κ2) is 8.55. The molecule has 0 unspecified atom stereocenters. The van der Waals surface area contributed by atoms with Gasteiger partial charge in [-0.05, 0) is 73.2 Å². The van der Waals surface area contributed by atoms with Gasteiger partial charge in [-0.3, -0.25) is 9.52 Å². The van der Waals surface area contributed by atoms with Crippen LogP contribution in [0.1, 0.15) is 15.9 Å². The fourth-order valence-corrected chi connectivity index (χ4v) is 3.99. The fourth-order valence-electron chi connectivity index (χ4n) is 2.63. The van der Waals surface area contributed by atoms with Gasteiger partial charge in [0.15, 0.2) is 0 Å². The van der Waals surface area contributed by atoms with Gasteiger partial charge in [0.2, 0.25) is 0 Å². The summed E-state index contributed by atoms with van der Waals surface area (Å²) in [6.45, 7) is 1.76. The highest BCUT2D eigenvalue weighted by Gasteiger charge is 2.16. The highest BCUT2D eigenvalue weighted by Crippen LogP contribution is 2.24. The summed E-state index contributed by atoms with van der Waals surface area (Å²) >= 11 is 5.91. The second-order valence-corrected chi connectivity index (χ2v) is 8.39. The lowest BCUT2D eigenvalue weighted by molar-refractivity contribution is 0.102. The third-order valence-corrected chi connectivity index (χ3v) is 5.80. The Kier molecular flexibility index (Phi) is 6.10. The summed E-state index contributed by atoms with van der Waals surface area (Å²) < 4.78 is 32.9. The molecule has 2 N–H and O–H groups in total. The molecule has 0 heterocycles. The number of hydrogen-bond acceptors (Lipinski definition) is 4. The van der Waals surface area contributed by atoms with E-state index in [-0.39, 0.29) is 10.8 Å². The van der Waals surface area contributed by atoms with Crippen molar-refractivity contribution in [3.63, 3.8) is 0 Å². The van der Waals surface area contributed by atoms with Crippen LogP contribution in [0.25, 0.3) is 0 Å². The monoisotopic (exact) mass is 430 g/mol. The number of nitrogens with one attached hydrogen (secondary N) is 2. The molecule has 0 fully saturated rings. The normalized spacial score (nSPS) is 11.0. The first-order valence-corrected chi connectivity index (χ1v) is 10.5. The average molecular weight is 431 g/mol. The van der Waals surface area contributed by atoms with E-state index in [1.165, 1.54) is 31.4 Å². The lowest BCUT2D eigenvalue weighted by atomic mass is 10.2. The Bertz CT molecular complexity index is 1150. The van der Waals surface area contributed by atoms with Crippen LogP contribution >= 0.6 is 11.6 Å². The minimum atomic E-state index is -3.78. The van der Waals surface area contributed by atoms with Crippen LogP contribution in [-0.2, 0) is 10.0 Å². The van der Waals surface area contributed by atoms with Crippen molar-refractivity contribution in [2.24, 2.45) is 0 Å². The van der Waals surface area contributed by atoms with E-state index in [1.54, 1.807) is 49.4 Å². The van der Waals surface area contributed by atoms with E-state index in [4.69, 9.17) is 16.3 Å². The lowest BCUT2D eigenvalue weighted by Gasteiger charge is -2.12. The first kappa shape index (κ1) is 20.7. The molecule has 6 nitrogen and oxygen atoms in total. The molecule has 0 saturated heterocycles. The van der Waals surface area contributed by atoms with Crippen LogP contribution in [-0.4, -0.2) is 21.4 Å². The highest BCUT2D eigenvalue weighted by molar-refractivity contribution is 7.92. The Labute approximate surface area is 174 Å². The van der Waals surface area contributed by atoms with Gasteiger partial charge in [0.25, 0.3) is 15.9 Å². The number of carbonyl (C=O) groups excluding carboxylic acids is 1. The van der Waals surface area contributed by atoms with Crippen LogP contribution in [0.15, 0.2) is 71.6 Å². The van der Waals surface area contributed by atoms with Gasteiger partial charge in [-0.15, -0.1) is 0 Å². The maximum absolute atomic E-state index is 12.6. The second-order valence-electron chi connectivity index (χ2n) is 6.28. The van der Waals surface area contributed by atoms with Crippen molar-refractivity contribution >= 4 is 38.9 Å². The van der Waals surface area contributed by atoms with E-state index in [9.17, 15) is 13.2 Å². The Morgan fingerprint density at radius 1 is 1.00 bits per heavy atom. The minimum Gasteiger partial charge on any atom is -0.497 e. The zero-order valence-electron chi connectivity index (χ0n) is 15.8. The van der Waals surface area contributed by atoms with Crippen molar-refractivity contribution in [2.45, 2.75) is 11.8 Å². The van der Waals surface area contributed by atoms with Crippen LogP contribution in [0.3, 0.4) is 0 Å². The number of amides is 1. The molecule has 29 heavy (non-hydrogen) atoms. The van der Waals surface area contributed by atoms with Gasteiger partial charge < -0.3 is 10.1 Å². The Hall–Kier alpha value is -3.03. The van der Waals surface area contributed by atoms with Crippen LogP contribution < -0.4 is 14.8 Å². The number of ether oxygens (including phenoxy) is 1. The van der Waals surface area contributed by atoms with Crippen molar-refractivity contribution < 1.29 is 17.9 Å². The first-order chi connectivity index (χ1) is 13.8. The number of benzene rings is 3. The number of sulfonamides is 1. The third kappa shape index (κ3) is 5.07. The van der Waals surface area contributed by atoms with Gasteiger partial charge >= 0.3 is 0 Å². The molecule has 0 bridgehead atoms. The van der Waals surface area contributed by atoms with Gasteiger partial charge in [0.1, 0.15) is 5.75 Å². The largest absolute Gasteiger partial charge is 0.497 e. The molecule has 0 aliphatic heterocycles. The number of methoxy groups -OCH3 is 1. The summed E-state index contributed by atoms with van der Waals surface area (Å²) in [5, 5.41) is 3.26. The van der Waals surface area contributed by atoms with Crippen LogP contribution in [0, 0.1) is 6.92 Å². The molecule has 1 amide bonds. The number of aryl methyl sites for hydroxylation is 1. The zero-order valence-corrected chi connectivity index (χ0v) is 17.3. The van der Waals surface area contributed by atoms with Crippen molar-refractivity contribution in [1.29, 1.82) is 0 Å². The van der Waals surface area contributed by atoms with Crippen LogP contribution in [0.5, 0.6) is 5.75 Å². The summed E-state index contributed by atoms with van der Waals surface area (Å²) in [7, 11) is -2.25. The lowest BCUT2D eigenvalue weighted by Crippen LogP contribution is -2.14. The summed E-state index contributed by atoms with van der Waals surface area (Å²) in [4.78, 5) is 12.4. The molecular formula is C21H19ClN2O4S. The van der Waals surface area contributed by atoms with E-state index in [0.29, 0.717) is 33.3 Å². The smallest absolute Gasteiger partial charge is 0.261 e. The fraction of sp³-hybridized carbons (Fsp3) is 0.0952. The van der Waals surface area contributed by atoms with Gasteiger partial charge in [-0.25, -0.2) is 8.42 Å². The molecule has 0 aliphatic rings. The minimum absolute atomic E-state index is 0.0752. The van der Waals surface area contributed by atoms with Gasteiger partial charge in [-0.1, -0.05) is 17.7 Å². The third-order valence-electron chi connectivity index (χ3n) is 4.19. The van der Waals surface area contributed by atoms with E-state index in [1.807, 2.05) is 0 Å². The van der Waals surface area contributed by atoms with Gasteiger partial charge in [0, 0.05) is 16.3 Å². The zero-order chi connectivity index (χ0) is 21.0. The first-order valence-electron chi connectivity index (χ1n) is 8.63. The molecule has 3 rings (SSSR count). The Morgan fingerprint density at radius 2 is 1.72 bits per heavy atom. The molecule has 0 aromatic heterocycles. The number of halogens is 1. The highest BCUT2D eigenvalue weighted by atomic mass is 35.5. The molecule has 0 saturated carbocycles. The van der Waals surface area contributed by atoms with Crippen LogP contribution in [0.2, 0.25) is 5.02 Å². The SMILES string of the molecule is COc1cccc(C(=O)Nc2ccc(S(=O)(=O)Nc3ccc(Cl)cc3C)cc2)c1.